The Morgan fingerprint density at radius 1 is 1.30 bits per heavy atom. The molecule has 0 aromatic carbocycles. The molecule has 104 valence electrons. The number of aromatic nitrogens is 2. The van der Waals surface area contributed by atoms with E-state index in [9.17, 15) is 18.3 Å². The lowest BCUT2D eigenvalue weighted by Crippen LogP contribution is -2.09. The number of imidazole rings is 1. The summed E-state index contributed by atoms with van der Waals surface area (Å²) in [6.45, 7) is -0.396. The lowest BCUT2D eigenvalue weighted by Gasteiger charge is -2.11. The molecular formula is C13H9F3N2O2. The van der Waals surface area contributed by atoms with E-state index < -0.39 is 18.3 Å². The second kappa shape index (κ2) is 4.38. The Balaban J connectivity index is 2.33. The van der Waals surface area contributed by atoms with Crippen LogP contribution in [0.1, 0.15) is 11.3 Å². The zero-order chi connectivity index (χ0) is 14.3. The van der Waals surface area contributed by atoms with Gasteiger partial charge in [-0.25, -0.2) is 4.98 Å². The molecule has 0 saturated heterocycles. The Morgan fingerprint density at radius 3 is 2.70 bits per heavy atom. The van der Waals surface area contributed by atoms with Gasteiger partial charge in [-0.05, 0) is 12.1 Å². The molecule has 1 N–H and O–H groups in total. The first-order chi connectivity index (χ1) is 9.50. The van der Waals surface area contributed by atoms with E-state index in [1.54, 1.807) is 6.07 Å². The highest BCUT2D eigenvalue weighted by Gasteiger charge is 2.34. The maximum Gasteiger partial charge on any atom is 0.420 e. The number of halogens is 3. The average Bonchev–Trinajstić information content (AvgIpc) is 3.05. The van der Waals surface area contributed by atoms with Gasteiger partial charge in [-0.15, -0.1) is 0 Å². The van der Waals surface area contributed by atoms with Gasteiger partial charge >= 0.3 is 6.18 Å². The Kier molecular flexibility index (Phi) is 2.79. The SMILES string of the molecule is OCc1cnc2c(C(F)(F)F)cc(-c3ccoc3)cn12. The van der Waals surface area contributed by atoms with Gasteiger partial charge in [-0.2, -0.15) is 13.2 Å². The first kappa shape index (κ1) is 12.7. The number of pyridine rings is 1. The van der Waals surface area contributed by atoms with E-state index in [2.05, 4.69) is 4.98 Å². The molecular weight excluding hydrogens is 273 g/mol. The number of aliphatic hydroxyl groups is 1. The summed E-state index contributed by atoms with van der Waals surface area (Å²) in [5.41, 5.74) is 0.0711. The number of hydrogen-bond donors (Lipinski definition) is 1. The van der Waals surface area contributed by atoms with Crippen molar-refractivity contribution in [3.8, 4) is 11.1 Å². The molecule has 0 saturated carbocycles. The summed E-state index contributed by atoms with van der Waals surface area (Å²) in [6.07, 6.45) is 0.932. The van der Waals surface area contributed by atoms with Crippen LogP contribution in [0.25, 0.3) is 16.8 Å². The first-order valence-electron chi connectivity index (χ1n) is 5.71. The Labute approximate surface area is 111 Å². The molecule has 0 aliphatic carbocycles. The number of alkyl halides is 3. The zero-order valence-electron chi connectivity index (χ0n) is 10.1. The minimum absolute atomic E-state index is 0.228. The lowest BCUT2D eigenvalue weighted by atomic mass is 10.1. The molecule has 0 aliphatic heterocycles. The van der Waals surface area contributed by atoms with Gasteiger partial charge in [0.25, 0.3) is 0 Å². The number of nitrogens with zero attached hydrogens (tertiary/aromatic N) is 2. The molecule has 3 heterocycles. The molecule has 0 spiro atoms. The zero-order valence-corrected chi connectivity index (χ0v) is 10.1. The second-order valence-corrected chi connectivity index (χ2v) is 4.25. The van der Waals surface area contributed by atoms with Crippen LogP contribution in [0.5, 0.6) is 0 Å². The van der Waals surface area contributed by atoms with Crippen molar-refractivity contribution >= 4 is 5.65 Å². The first-order valence-corrected chi connectivity index (χ1v) is 5.71. The van der Waals surface area contributed by atoms with Crippen molar-refractivity contribution in [2.75, 3.05) is 0 Å². The van der Waals surface area contributed by atoms with Gasteiger partial charge in [0.05, 0.1) is 36.6 Å². The van der Waals surface area contributed by atoms with Gasteiger partial charge in [0.15, 0.2) is 0 Å². The van der Waals surface area contributed by atoms with Crippen molar-refractivity contribution in [1.82, 2.24) is 9.38 Å². The quantitative estimate of drug-likeness (QED) is 0.785. The third-order valence-corrected chi connectivity index (χ3v) is 3.00. The lowest BCUT2D eigenvalue weighted by molar-refractivity contribution is -0.136. The second-order valence-electron chi connectivity index (χ2n) is 4.25. The Hall–Kier alpha value is -2.28. The molecule has 3 aromatic rings. The van der Waals surface area contributed by atoms with Crippen LogP contribution in [0.4, 0.5) is 13.2 Å². The minimum atomic E-state index is -4.53. The third-order valence-electron chi connectivity index (χ3n) is 3.00. The van der Waals surface area contributed by atoms with E-state index in [4.69, 9.17) is 4.42 Å². The standard InChI is InChI=1S/C13H9F3N2O2/c14-13(15,16)11-3-9(8-1-2-20-7-8)5-18-10(6-19)4-17-12(11)18/h1-5,7,19H,6H2. The van der Waals surface area contributed by atoms with Crippen molar-refractivity contribution in [2.45, 2.75) is 12.8 Å². The number of fused-ring (bicyclic) bond motifs is 1. The van der Waals surface area contributed by atoms with E-state index in [1.165, 1.54) is 29.3 Å². The van der Waals surface area contributed by atoms with Gasteiger partial charge in [0.1, 0.15) is 5.65 Å². The molecule has 0 aliphatic rings. The Morgan fingerprint density at radius 2 is 2.10 bits per heavy atom. The molecule has 7 heteroatoms. The molecule has 0 radical (unpaired) electrons. The van der Waals surface area contributed by atoms with Crippen LogP contribution in [0.2, 0.25) is 0 Å². The maximum absolute atomic E-state index is 13.1. The van der Waals surface area contributed by atoms with Gasteiger partial charge in [-0.3, -0.25) is 0 Å². The summed E-state index contributed by atoms with van der Waals surface area (Å²) < 4.78 is 45.5. The highest BCUT2D eigenvalue weighted by Crippen LogP contribution is 2.35. The Bertz CT molecular complexity index is 745. The van der Waals surface area contributed by atoms with Crippen LogP contribution in [-0.2, 0) is 12.8 Å². The maximum atomic E-state index is 13.1. The molecule has 20 heavy (non-hydrogen) atoms. The summed E-state index contributed by atoms with van der Waals surface area (Å²) >= 11 is 0. The number of furan rings is 1. The molecule has 0 bridgehead atoms. The normalized spacial score (nSPS) is 12.2. The fraction of sp³-hybridized carbons (Fsp3) is 0.154. The predicted molar refractivity (Wildman–Crippen MR) is 63.8 cm³/mol. The highest BCUT2D eigenvalue weighted by molar-refractivity contribution is 5.67. The summed E-state index contributed by atoms with van der Waals surface area (Å²) in [4.78, 5) is 3.74. The third kappa shape index (κ3) is 1.96. The summed E-state index contributed by atoms with van der Waals surface area (Å²) in [5.74, 6) is 0. The number of rotatable bonds is 2. The van der Waals surface area contributed by atoms with Gasteiger partial charge in [0.2, 0.25) is 0 Å². The summed E-state index contributed by atoms with van der Waals surface area (Å²) in [7, 11) is 0. The number of aliphatic hydroxyl groups excluding tert-OH is 1. The van der Waals surface area contributed by atoms with Gasteiger partial charge in [0, 0.05) is 17.3 Å². The van der Waals surface area contributed by atoms with Gasteiger partial charge < -0.3 is 13.9 Å². The number of hydrogen-bond acceptors (Lipinski definition) is 3. The van der Waals surface area contributed by atoms with E-state index >= 15 is 0 Å². The molecule has 0 fully saturated rings. The van der Waals surface area contributed by atoms with Crippen molar-refractivity contribution in [2.24, 2.45) is 0 Å². The molecule has 0 atom stereocenters. The topological polar surface area (TPSA) is 50.7 Å². The fourth-order valence-electron chi connectivity index (χ4n) is 2.05. The molecule has 3 aromatic heterocycles. The predicted octanol–water partition coefficient (Wildman–Crippen LogP) is 3.11. The monoisotopic (exact) mass is 282 g/mol. The highest BCUT2D eigenvalue weighted by atomic mass is 19.4. The smallest absolute Gasteiger partial charge is 0.420 e. The van der Waals surface area contributed by atoms with Crippen LogP contribution in [0.3, 0.4) is 0 Å². The van der Waals surface area contributed by atoms with Crippen LogP contribution >= 0.6 is 0 Å². The minimum Gasteiger partial charge on any atom is -0.472 e. The van der Waals surface area contributed by atoms with Crippen LogP contribution < -0.4 is 0 Å². The van der Waals surface area contributed by atoms with E-state index in [1.807, 2.05) is 0 Å². The summed E-state index contributed by atoms with van der Waals surface area (Å²) in [5, 5.41) is 9.18. The van der Waals surface area contributed by atoms with Crippen molar-refractivity contribution in [3.63, 3.8) is 0 Å². The van der Waals surface area contributed by atoms with Crippen LogP contribution in [-0.4, -0.2) is 14.5 Å². The molecule has 0 unspecified atom stereocenters. The van der Waals surface area contributed by atoms with Crippen molar-refractivity contribution < 1.29 is 22.7 Å². The largest absolute Gasteiger partial charge is 0.472 e. The van der Waals surface area contributed by atoms with Crippen molar-refractivity contribution in [1.29, 1.82) is 0 Å². The fourth-order valence-corrected chi connectivity index (χ4v) is 2.05. The van der Waals surface area contributed by atoms with Crippen LogP contribution in [0.15, 0.2) is 41.5 Å². The summed E-state index contributed by atoms with van der Waals surface area (Å²) in [6, 6.07) is 2.59. The van der Waals surface area contributed by atoms with E-state index in [0.29, 0.717) is 11.1 Å². The average molecular weight is 282 g/mol. The molecule has 3 rings (SSSR count). The molecule has 0 amide bonds. The van der Waals surface area contributed by atoms with E-state index in [0.717, 1.165) is 6.07 Å². The molecule has 4 nitrogen and oxygen atoms in total. The van der Waals surface area contributed by atoms with Gasteiger partial charge in [-0.1, -0.05) is 0 Å². The van der Waals surface area contributed by atoms with Crippen molar-refractivity contribution in [3.05, 3.63) is 48.3 Å². The van der Waals surface area contributed by atoms with Crippen LogP contribution in [0, 0.1) is 0 Å². The van der Waals surface area contributed by atoms with E-state index in [-0.39, 0.29) is 11.3 Å².